The molecule has 1 heterocycles. The zero-order valence-corrected chi connectivity index (χ0v) is 30.8. The van der Waals surface area contributed by atoms with Gasteiger partial charge >= 0.3 is 0 Å². The van der Waals surface area contributed by atoms with E-state index in [2.05, 4.69) is 207 Å². The molecule has 0 fully saturated rings. The van der Waals surface area contributed by atoms with Crippen molar-refractivity contribution in [1.29, 1.82) is 0 Å². The summed E-state index contributed by atoms with van der Waals surface area (Å²) < 4.78 is 6.74. The normalized spacial score (nSPS) is 13.1. The van der Waals surface area contributed by atoms with E-state index in [0.717, 1.165) is 55.5 Å². The predicted octanol–water partition coefficient (Wildman–Crippen LogP) is 15.0. The molecule has 0 saturated heterocycles. The second-order valence-electron chi connectivity index (χ2n) is 15.3. The number of hydrogen-bond donors (Lipinski definition) is 0. The van der Waals surface area contributed by atoms with Gasteiger partial charge in [0, 0.05) is 38.6 Å². The largest absolute Gasteiger partial charge is 0.455 e. The molecule has 0 bridgehead atoms. The van der Waals surface area contributed by atoms with Crippen molar-refractivity contribution in [3.63, 3.8) is 0 Å². The number of rotatable bonds is 5. The molecule has 55 heavy (non-hydrogen) atoms. The number of para-hydroxylation sites is 1. The summed E-state index contributed by atoms with van der Waals surface area (Å²) in [6.45, 7) is 4.69. The van der Waals surface area contributed by atoms with Crippen LogP contribution < -0.4 is 4.90 Å². The van der Waals surface area contributed by atoms with Crippen molar-refractivity contribution in [3.8, 4) is 33.4 Å². The van der Waals surface area contributed by atoms with Crippen molar-refractivity contribution >= 4 is 60.5 Å². The molecule has 2 heteroatoms. The molecular formula is C53H37NO. The number of hydrogen-bond acceptors (Lipinski definition) is 2. The van der Waals surface area contributed by atoms with E-state index in [1.165, 1.54) is 49.5 Å². The van der Waals surface area contributed by atoms with Gasteiger partial charge in [-0.05, 0) is 115 Å². The van der Waals surface area contributed by atoms with E-state index in [-0.39, 0.29) is 5.41 Å². The van der Waals surface area contributed by atoms with E-state index in [4.69, 9.17) is 4.42 Å². The summed E-state index contributed by atoms with van der Waals surface area (Å²) in [5.74, 6) is 0. The van der Waals surface area contributed by atoms with Gasteiger partial charge in [0.2, 0.25) is 0 Å². The Morgan fingerprint density at radius 3 is 1.91 bits per heavy atom. The minimum Gasteiger partial charge on any atom is -0.455 e. The van der Waals surface area contributed by atoms with Gasteiger partial charge in [0.15, 0.2) is 0 Å². The summed E-state index contributed by atoms with van der Waals surface area (Å²) in [5.41, 5.74) is 15.2. The number of nitrogens with zero attached hydrogens (tertiary/aromatic N) is 1. The van der Waals surface area contributed by atoms with E-state index in [9.17, 15) is 0 Å². The van der Waals surface area contributed by atoms with Gasteiger partial charge in [0.1, 0.15) is 11.2 Å². The first-order valence-electron chi connectivity index (χ1n) is 19.1. The highest BCUT2D eigenvalue weighted by atomic mass is 16.3. The van der Waals surface area contributed by atoms with Gasteiger partial charge in [-0.2, -0.15) is 0 Å². The lowest BCUT2D eigenvalue weighted by atomic mass is 9.82. The van der Waals surface area contributed by atoms with Crippen LogP contribution in [0.5, 0.6) is 0 Å². The Labute approximate surface area is 320 Å². The Hall–Kier alpha value is -6.90. The van der Waals surface area contributed by atoms with Crippen LogP contribution in [0.15, 0.2) is 192 Å². The van der Waals surface area contributed by atoms with Crippen molar-refractivity contribution < 1.29 is 4.42 Å². The van der Waals surface area contributed by atoms with Crippen LogP contribution in [-0.2, 0) is 5.41 Å². The first-order chi connectivity index (χ1) is 27.0. The molecule has 9 aromatic carbocycles. The molecule has 0 atom stereocenters. The first kappa shape index (κ1) is 31.6. The number of benzene rings is 9. The average Bonchev–Trinajstić information content (AvgIpc) is 3.73. The molecule has 0 N–H and O–H groups in total. The fourth-order valence-electron chi connectivity index (χ4n) is 9.13. The van der Waals surface area contributed by atoms with Crippen LogP contribution in [0.4, 0.5) is 17.1 Å². The van der Waals surface area contributed by atoms with Gasteiger partial charge in [-0.3, -0.25) is 0 Å². The molecule has 11 rings (SSSR count). The molecule has 0 aliphatic heterocycles. The van der Waals surface area contributed by atoms with E-state index in [0.29, 0.717) is 0 Å². The number of anilines is 3. The maximum absolute atomic E-state index is 6.74. The predicted molar refractivity (Wildman–Crippen MR) is 232 cm³/mol. The molecule has 0 saturated carbocycles. The monoisotopic (exact) mass is 703 g/mol. The van der Waals surface area contributed by atoms with E-state index < -0.39 is 0 Å². The van der Waals surface area contributed by atoms with Crippen LogP contribution in [-0.4, -0.2) is 0 Å². The van der Waals surface area contributed by atoms with Crippen molar-refractivity contribution in [2.45, 2.75) is 19.3 Å². The van der Waals surface area contributed by atoms with Gasteiger partial charge < -0.3 is 9.32 Å². The van der Waals surface area contributed by atoms with Crippen molar-refractivity contribution in [1.82, 2.24) is 0 Å². The lowest BCUT2D eigenvalue weighted by molar-refractivity contribution is 0.660. The zero-order chi connectivity index (χ0) is 36.7. The summed E-state index contributed by atoms with van der Waals surface area (Å²) in [4.78, 5) is 2.37. The second-order valence-corrected chi connectivity index (χ2v) is 15.3. The fourth-order valence-corrected chi connectivity index (χ4v) is 9.13. The Morgan fingerprint density at radius 2 is 1.05 bits per heavy atom. The number of furan rings is 1. The van der Waals surface area contributed by atoms with Crippen LogP contribution >= 0.6 is 0 Å². The van der Waals surface area contributed by atoms with Crippen molar-refractivity contribution in [3.05, 3.63) is 199 Å². The Balaban J connectivity index is 1.05. The smallest absolute Gasteiger partial charge is 0.143 e. The molecule has 0 spiro atoms. The molecule has 10 aromatic rings. The summed E-state index contributed by atoms with van der Waals surface area (Å²) in [7, 11) is 0. The molecule has 1 aliphatic rings. The third kappa shape index (κ3) is 4.88. The fraction of sp³-hybridized carbons (Fsp3) is 0.0566. The van der Waals surface area contributed by atoms with Crippen LogP contribution in [0, 0.1) is 0 Å². The molecule has 1 aromatic heterocycles. The molecule has 260 valence electrons. The SMILES string of the molecule is CC1(C)c2ccccc2-c2ccc(N(c3ccccc3)c3ccc(-c4cccc5oc6c7ccccc7c(-c7ccc8ccccc8c7)cc6c45)cc3)cc21. The topological polar surface area (TPSA) is 16.4 Å². The van der Waals surface area contributed by atoms with Crippen LogP contribution in [0.1, 0.15) is 25.0 Å². The van der Waals surface area contributed by atoms with E-state index in [1.54, 1.807) is 0 Å². The summed E-state index contributed by atoms with van der Waals surface area (Å²) in [6.07, 6.45) is 0. The highest BCUT2D eigenvalue weighted by molar-refractivity contribution is 6.22. The molecule has 2 nitrogen and oxygen atoms in total. The van der Waals surface area contributed by atoms with Crippen LogP contribution in [0.2, 0.25) is 0 Å². The van der Waals surface area contributed by atoms with Gasteiger partial charge in [-0.15, -0.1) is 0 Å². The van der Waals surface area contributed by atoms with Crippen molar-refractivity contribution in [2.24, 2.45) is 0 Å². The standard InChI is InChI=1S/C53H37NO/c1-53(2)48-21-11-10-18-43(48)44-30-29-40(32-49(44)53)54(38-15-4-3-5-16-38)39-27-25-35(26-28-39)41-20-12-22-50-51(41)47-33-46(42-17-8-9-19-45(42)52(47)55-50)37-24-23-34-13-6-7-14-36(34)31-37/h3-33H,1-2H3. The average molecular weight is 704 g/mol. The van der Waals surface area contributed by atoms with Gasteiger partial charge in [0.05, 0.1) is 0 Å². The highest BCUT2D eigenvalue weighted by Gasteiger charge is 2.35. The lowest BCUT2D eigenvalue weighted by Crippen LogP contribution is -2.16. The second kappa shape index (κ2) is 12.1. The third-order valence-corrected chi connectivity index (χ3v) is 11.8. The Morgan fingerprint density at radius 1 is 0.400 bits per heavy atom. The number of fused-ring (bicyclic) bond motifs is 9. The summed E-state index contributed by atoms with van der Waals surface area (Å²) in [6, 6.07) is 68.3. The molecule has 1 aliphatic carbocycles. The summed E-state index contributed by atoms with van der Waals surface area (Å²) >= 11 is 0. The van der Waals surface area contributed by atoms with Crippen LogP contribution in [0.3, 0.4) is 0 Å². The molecule has 0 radical (unpaired) electrons. The Kier molecular flexibility index (Phi) is 6.93. The third-order valence-electron chi connectivity index (χ3n) is 11.8. The molecule has 0 unspecified atom stereocenters. The molecular weight excluding hydrogens is 667 g/mol. The minimum atomic E-state index is -0.0836. The van der Waals surface area contributed by atoms with Crippen LogP contribution in [0.25, 0.3) is 76.9 Å². The zero-order valence-electron chi connectivity index (χ0n) is 30.8. The van der Waals surface area contributed by atoms with Gasteiger partial charge in [-0.1, -0.05) is 147 Å². The Bertz CT molecular complexity index is 3110. The van der Waals surface area contributed by atoms with Crippen molar-refractivity contribution in [2.75, 3.05) is 4.90 Å². The van der Waals surface area contributed by atoms with Gasteiger partial charge in [0.25, 0.3) is 0 Å². The van der Waals surface area contributed by atoms with E-state index >= 15 is 0 Å². The van der Waals surface area contributed by atoms with E-state index in [1.807, 2.05) is 0 Å². The first-order valence-corrected chi connectivity index (χ1v) is 19.1. The highest BCUT2D eigenvalue weighted by Crippen LogP contribution is 2.51. The quantitative estimate of drug-likeness (QED) is 0.177. The molecule has 0 amide bonds. The maximum Gasteiger partial charge on any atom is 0.143 e. The lowest BCUT2D eigenvalue weighted by Gasteiger charge is -2.28. The minimum absolute atomic E-state index is 0.0836. The maximum atomic E-state index is 6.74. The summed E-state index contributed by atoms with van der Waals surface area (Å²) in [5, 5.41) is 7.06. The van der Waals surface area contributed by atoms with Gasteiger partial charge in [-0.25, -0.2) is 0 Å².